The Kier molecular flexibility index (Phi) is 7.42. The van der Waals surface area contributed by atoms with Crippen LogP contribution in [0.3, 0.4) is 0 Å². The lowest BCUT2D eigenvalue weighted by molar-refractivity contribution is -0.174. The molecule has 0 amide bonds. The molecule has 0 unspecified atom stereocenters. The second-order valence-corrected chi connectivity index (χ2v) is 5.26. The van der Waals surface area contributed by atoms with Crippen LogP contribution in [0.25, 0.3) is 0 Å². The first-order valence-corrected chi connectivity index (χ1v) is 6.64. The molecule has 0 aromatic heterocycles. The van der Waals surface area contributed by atoms with E-state index in [4.69, 9.17) is 5.73 Å². The van der Waals surface area contributed by atoms with E-state index in [0.29, 0.717) is 8.95 Å². The van der Waals surface area contributed by atoms with Crippen molar-refractivity contribution in [2.24, 2.45) is 5.73 Å². The first-order chi connectivity index (χ1) is 8.30. The number of halogens is 5. The van der Waals surface area contributed by atoms with Crippen LogP contribution in [0.4, 0.5) is 8.78 Å². The summed E-state index contributed by atoms with van der Waals surface area (Å²) in [6, 6.07) is 2.90. The summed E-state index contributed by atoms with van der Waals surface area (Å²) in [5.74, 6) is -5.40. The maximum absolute atomic E-state index is 13.8. The Morgan fingerprint density at radius 1 is 1.47 bits per heavy atom. The van der Waals surface area contributed by atoms with Gasteiger partial charge in [-0.2, -0.15) is 8.78 Å². The van der Waals surface area contributed by atoms with Gasteiger partial charge in [0.2, 0.25) is 0 Å². The van der Waals surface area contributed by atoms with Crippen LogP contribution in [-0.2, 0) is 9.53 Å². The van der Waals surface area contributed by atoms with Crippen LogP contribution in [0.2, 0.25) is 0 Å². The summed E-state index contributed by atoms with van der Waals surface area (Å²) in [4.78, 5) is 11.2. The zero-order chi connectivity index (χ0) is 13.9. The third-order valence-electron chi connectivity index (χ3n) is 2.23. The molecule has 108 valence electrons. The van der Waals surface area contributed by atoms with Crippen LogP contribution >= 0.6 is 44.3 Å². The van der Waals surface area contributed by atoms with E-state index >= 15 is 0 Å². The van der Waals surface area contributed by atoms with Crippen molar-refractivity contribution in [3.63, 3.8) is 0 Å². The van der Waals surface area contributed by atoms with Crippen LogP contribution in [0.5, 0.6) is 0 Å². The van der Waals surface area contributed by atoms with Gasteiger partial charge in [0.1, 0.15) is 6.04 Å². The van der Waals surface area contributed by atoms with Crippen LogP contribution in [0, 0.1) is 0 Å². The number of benzene rings is 1. The predicted octanol–water partition coefficient (Wildman–Crippen LogP) is 3.83. The molecule has 0 aliphatic heterocycles. The van der Waals surface area contributed by atoms with Gasteiger partial charge in [0.15, 0.2) is 0 Å². The van der Waals surface area contributed by atoms with Crippen molar-refractivity contribution in [2.75, 3.05) is 6.61 Å². The first kappa shape index (κ1) is 18.8. The molecule has 1 atom stereocenters. The second kappa shape index (κ2) is 7.52. The highest BCUT2D eigenvalue weighted by molar-refractivity contribution is 9.11. The molecule has 0 aliphatic rings. The van der Waals surface area contributed by atoms with E-state index in [2.05, 4.69) is 36.6 Å². The molecule has 19 heavy (non-hydrogen) atoms. The third kappa shape index (κ3) is 4.37. The van der Waals surface area contributed by atoms with Gasteiger partial charge in [-0.1, -0.05) is 31.9 Å². The summed E-state index contributed by atoms with van der Waals surface area (Å²) in [5, 5.41) is 0. The molecule has 0 saturated heterocycles. The number of rotatable bonds is 4. The fourth-order valence-corrected chi connectivity index (χ4v) is 2.17. The fraction of sp³-hybridized carbons (Fsp3) is 0.364. The molecule has 0 radical (unpaired) electrons. The van der Waals surface area contributed by atoms with Gasteiger partial charge in [0, 0.05) is 8.95 Å². The number of carbonyl (C=O) groups is 1. The summed E-state index contributed by atoms with van der Waals surface area (Å²) >= 11 is 6.29. The Morgan fingerprint density at radius 2 is 2.05 bits per heavy atom. The molecular weight excluding hydrogens is 411 g/mol. The van der Waals surface area contributed by atoms with Gasteiger partial charge in [-0.3, -0.25) is 0 Å². The van der Waals surface area contributed by atoms with Crippen LogP contribution in [-0.4, -0.2) is 18.5 Å². The Bertz CT molecular complexity index is 460. The highest BCUT2D eigenvalue weighted by atomic mass is 79.9. The number of esters is 1. The number of hydrogen-bond donors (Lipinski definition) is 1. The lowest BCUT2D eigenvalue weighted by Gasteiger charge is -2.22. The molecule has 1 aromatic rings. The normalized spacial score (nSPS) is 12.5. The monoisotopic (exact) mass is 421 g/mol. The van der Waals surface area contributed by atoms with Crippen LogP contribution in [0.1, 0.15) is 18.5 Å². The van der Waals surface area contributed by atoms with Crippen molar-refractivity contribution >= 4 is 50.2 Å². The smallest absolute Gasteiger partial charge is 0.379 e. The molecule has 0 heterocycles. The maximum atomic E-state index is 13.8. The molecule has 0 saturated carbocycles. The summed E-state index contributed by atoms with van der Waals surface area (Å²) in [6.07, 6.45) is 0. The van der Waals surface area contributed by atoms with E-state index in [-0.39, 0.29) is 24.6 Å². The molecular formula is C11H12Br2ClF2NO2. The molecule has 1 aromatic carbocycles. The van der Waals surface area contributed by atoms with Crippen molar-refractivity contribution in [2.45, 2.75) is 18.9 Å². The SMILES string of the molecule is CCOC(=O)C(F)(F)[C@@H](N)c1cc(Br)ccc1Br.Cl. The van der Waals surface area contributed by atoms with Crippen molar-refractivity contribution < 1.29 is 18.3 Å². The number of ether oxygens (including phenoxy) is 1. The van der Waals surface area contributed by atoms with Crippen molar-refractivity contribution in [1.82, 2.24) is 0 Å². The Balaban J connectivity index is 0.00000324. The highest BCUT2D eigenvalue weighted by Gasteiger charge is 2.48. The zero-order valence-electron chi connectivity index (χ0n) is 9.83. The number of hydrogen-bond acceptors (Lipinski definition) is 3. The van der Waals surface area contributed by atoms with Gasteiger partial charge < -0.3 is 10.5 Å². The first-order valence-electron chi connectivity index (χ1n) is 5.06. The minimum absolute atomic E-state index is 0. The van der Waals surface area contributed by atoms with Gasteiger partial charge in [0.25, 0.3) is 0 Å². The van der Waals surface area contributed by atoms with Crippen LogP contribution in [0.15, 0.2) is 27.1 Å². The number of alkyl halides is 2. The minimum Gasteiger partial charge on any atom is -0.462 e. The molecule has 0 aliphatic carbocycles. The highest BCUT2D eigenvalue weighted by Crippen LogP contribution is 2.35. The minimum atomic E-state index is -3.78. The van der Waals surface area contributed by atoms with E-state index in [0.717, 1.165) is 0 Å². The molecule has 3 nitrogen and oxygen atoms in total. The largest absolute Gasteiger partial charge is 0.462 e. The van der Waals surface area contributed by atoms with E-state index in [1.165, 1.54) is 13.0 Å². The van der Waals surface area contributed by atoms with Crippen LogP contribution < -0.4 is 5.73 Å². The van der Waals surface area contributed by atoms with Gasteiger partial charge in [-0.15, -0.1) is 12.4 Å². The third-order valence-corrected chi connectivity index (χ3v) is 3.45. The second-order valence-electron chi connectivity index (χ2n) is 3.49. The summed E-state index contributed by atoms with van der Waals surface area (Å²) in [7, 11) is 0. The van der Waals surface area contributed by atoms with E-state index in [9.17, 15) is 13.6 Å². The molecule has 0 bridgehead atoms. The molecule has 0 fully saturated rings. The number of carbonyl (C=O) groups excluding carboxylic acids is 1. The van der Waals surface area contributed by atoms with E-state index in [1.54, 1.807) is 12.1 Å². The van der Waals surface area contributed by atoms with E-state index < -0.39 is 17.9 Å². The van der Waals surface area contributed by atoms with Gasteiger partial charge in [-0.25, -0.2) is 4.79 Å². The molecule has 2 N–H and O–H groups in total. The Labute approximate surface area is 132 Å². The van der Waals surface area contributed by atoms with Crippen molar-refractivity contribution in [1.29, 1.82) is 0 Å². The molecule has 0 spiro atoms. The Morgan fingerprint density at radius 3 is 2.58 bits per heavy atom. The summed E-state index contributed by atoms with van der Waals surface area (Å²) in [5.41, 5.74) is 5.60. The van der Waals surface area contributed by atoms with Gasteiger partial charge in [-0.05, 0) is 30.7 Å². The summed E-state index contributed by atoms with van der Waals surface area (Å²) in [6.45, 7) is 1.33. The van der Waals surface area contributed by atoms with Crippen molar-refractivity contribution in [3.05, 3.63) is 32.7 Å². The quantitative estimate of drug-likeness (QED) is 0.749. The Hall–Kier alpha value is -0.240. The topological polar surface area (TPSA) is 52.3 Å². The van der Waals surface area contributed by atoms with Gasteiger partial charge in [0.05, 0.1) is 6.61 Å². The number of nitrogens with two attached hydrogens (primary N) is 1. The van der Waals surface area contributed by atoms with Crippen molar-refractivity contribution in [3.8, 4) is 0 Å². The molecule has 8 heteroatoms. The maximum Gasteiger partial charge on any atom is 0.379 e. The fourth-order valence-electron chi connectivity index (χ4n) is 1.30. The lowest BCUT2D eigenvalue weighted by atomic mass is 10.0. The van der Waals surface area contributed by atoms with Gasteiger partial charge >= 0.3 is 11.9 Å². The van der Waals surface area contributed by atoms with E-state index in [1.807, 2.05) is 0 Å². The zero-order valence-corrected chi connectivity index (χ0v) is 13.8. The predicted molar refractivity (Wildman–Crippen MR) is 77.6 cm³/mol. The average Bonchev–Trinajstić information content (AvgIpc) is 2.31. The molecule has 1 rings (SSSR count). The standard InChI is InChI=1S/C11H11Br2F2NO2.ClH/c1-2-18-10(17)11(14,15)9(16)7-5-6(12)3-4-8(7)13;/h3-5,9H,2,16H2,1H3;1H/t9-;/m0./s1. The average molecular weight is 423 g/mol. The lowest BCUT2D eigenvalue weighted by Crippen LogP contribution is -2.41. The summed E-state index contributed by atoms with van der Waals surface area (Å²) < 4.78 is 32.8.